The van der Waals surface area contributed by atoms with Gasteiger partial charge in [-0.15, -0.1) is 13.2 Å². The summed E-state index contributed by atoms with van der Waals surface area (Å²) in [6, 6.07) is 0.308. The molecule has 0 aromatic carbocycles. The van der Waals surface area contributed by atoms with Gasteiger partial charge >= 0.3 is 0 Å². The summed E-state index contributed by atoms with van der Waals surface area (Å²) in [6.45, 7) is 9.72. The highest BCUT2D eigenvalue weighted by Crippen LogP contribution is 2.19. The predicted octanol–water partition coefficient (Wildman–Crippen LogP) is 4.01. The Morgan fingerprint density at radius 2 is 2.07 bits per heavy atom. The minimum Gasteiger partial charge on any atom is -0.197 e. The van der Waals surface area contributed by atoms with E-state index in [1.165, 1.54) is 0 Å². The molecule has 0 bridgehead atoms. The fourth-order valence-corrected chi connectivity index (χ4v) is 1.58. The number of azo groups is 1. The van der Waals surface area contributed by atoms with E-state index in [1.807, 2.05) is 12.2 Å². The lowest BCUT2D eigenvalue weighted by Gasteiger charge is -2.17. The van der Waals surface area contributed by atoms with Gasteiger partial charge in [-0.25, -0.2) is 0 Å². The van der Waals surface area contributed by atoms with Gasteiger partial charge in [0.25, 0.3) is 0 Å². The first-order chi connectivity index (χ1) is 6.79. The van der Waals surface area contributed by atoms with Gasteiger partial charge in [0.15, 0.2) is 0 Å². The van der Waals surface area contributed by atoms with E-state index in [1.54, 1.807) is 7.05 Å². The fourth-order valence-electron chi connectivity index (χ4n) is 1.58. The van der Waals surface area contributed by atoms with E-state index < -0.39 is 0 Å². The van der Waals surface area contributed by atoms with Gasteiger partial charge in [0.05, 0.1) is 6.04 Å². The van der Waals surface area contributed by atoms with Gasteiger partial charge in [-0.1, -0.05) is 19.1 Å². The Hall–Kier alpha value is -0.920. The molecule has 0 amide bonds. The second kappa shape index (κ2) is 8.67. The maximum atomic E-state index is 4.22. The van der Waals surface area contributed by atoms with Crippen molar-refractivity contribution in [2.75, 3.05) is 7.05 Å². The Morgan fingerprint density at radius 3 is 2.50 bits per heavy atom. The quantitative estimate of drug-likeness (QED) is 0.317. The van der Waals surface area contributed by atoms with Crippen LogP contribution in [0.4, 0.5) is 0 Å². The average Bonchev–Trinajstić information content (AvgIpc) is 2.22. The van der Waals surface area contributed by atoms with Crippen LogP contribution in [-0.2, 0) is 0 Å². The fraction of sp³-hybridized carbons (Fsp3) is 0.667. The van der Waals surface area contributed by atoms with E-state index in [2.05, 4.69) is 30.3 Å². The summed E-state index contributed by atoms with van der Waals surface area (Å²) in [4.78, 5) is 0. The third-order valence-electron chi connectivity index (χ3n) is 2.42. The largest absolute Gasteiger partial charge is 0.197 e. The Kier molecular flexibility index (Phi) is 8.10. The van der Waals surface area contributed by atoms with Crippen molar-refractivity contribution in [3.05, 3.63) is 25.3 Å². The average molecular weight is 194 g/mol. The van der Waals surface area contributed by atoms with E-state index in [0.29, 0.717) is 12.0 Å². The standard InChI is InChI=1S/C12H22N2/c1-5-8-9-10-11(6-2)12(7-3)14-13-4/h5-6,11-12H,1-2,7-10H2,3-4H3. The molecule has 0 N–H and O–H groups in total. The lowest BCUT2D eigenvalue weighted by Crippen LogP contribution is -2.15. The zero-order chi connectivity index (χ0) is 10.8. The Bertz CT molecular complexity index is 185. The van der Waals surface area contributed by atoms with Crippen molar-refractivity contribution >= 4 is 0 Å². The van der Waals surface area contributed by atoms with Crippen LogP contribution in [0.1, 0.15) is 32.6 Å². The molecule has 0 rings (SSSR count). The summed E-state index contributed by atoms with van der Waals surface area (Å²) in [6.07, 6.45) is 8.36. The molecule has 80 valence electrons. The smallest absolute Gasteiger partial charge is 0.0767 e. The van der Waals surface area contributed by atoms with Gasteiger partial charge in [0.2, 0.25) is 0 Å². The molecule has 0 spiro atoms. The van der Waals surface area contributed by atoms with Crippen molar-refractivity contribution in [1.82, 2.24) is 0 Å². The van der Waals surface area contributed by atoms with Gasteiger partial charge in [0.1, 0.15) is 0 Å². The van der Waals surface area contributed by atoms with Gasteiger partial charge < -0.3 is 0 Å². The Labute approximate surface area is 87.8 Å². The monoisotopic (exact) mass is 194 g/mol. The van der Waals surface area contributed by atoms with Crippen LogP contribution in [0.5, 0.6) is 0 Å². The minimum absolute atomic E-state index is 0.308. The van der Waals surface area contributed by atoms with Crippen molar-refractivity contribution in [2.24, 2.45) is 16.1 Å². The van der Waals surface area contributed by atoms with Gasteiger partial charge in [-0.2, -0.15) is 10.2 Å². The number of rotatable bonds is 8. The van der Waals surface area contributed by atoms with Crippen LogP contribution in [0.3, 0.4) is 0 Å². The maximum Gasteiger partial charge on any atom is 0.0767 e. The molecule has 0 fully saturated rings. The van der Waals surface area contributed by atoms with Gasteiger partial charge in [-0.3, -0.25) is 0 Å². The third kappa shape index (κ3) is 4.95. The van der Waals surface area contributed by atoms with Crippen LogP contribution < -0.4 is 0 Å². The van der Waals surface area contributed by atoms with E-state index in [0.717, 1.165) is 25.7 Å². The van der Waals surface area contributed by atoms with Crippen LogP contribution in [0.25, 0.3) is 0 Å². The molecule has 0 aliphatic carbocycles. The molecule has 2 unspecified atom stereocenters. The van der Waals surface area contributed by atoms with Crippen LogP contribution in [0, 0.1) is 5.92 Å². The summed E-state index contributed by atoms with van der Waals surface area (Å²) in [5.74, 6) is 0.462. The lowest BCUT2D eigenvalue weighted by atomic mass is 9.93. The molecule has 0 aromatic rings. The molecule has 0 saturated heterocycles. The van der Waals surface area contributed by atoms with Crippen LogP contribution in [0.15, 0.2) is 35.5 Å². The first-order valence-corrected chi connectivity index (χ1v) is 5.32. The molecule has 0 aliphatic rings. The van der Waals surface area contributed by atoms with Crippen molar-refractivity contribution in [1.29, 1.82) is 0 Å². The highest BCUT2D eigenvalue weighted by molar-refractivity contribution is 4.88. The number of hydrogen-bond donors (Lipinski definition) is 0. The maximum absolute atomic E-state index is 4.22. The molecule has 2 nitrogen and oxygen atoms in total. The van der Waals surface area contributed by atoms with Crippen molar-refractivity contribution in [2.45, 2.75) is 38.6 Å². The van der Waals surface area contributed by atoms with E-state index in [-0.39, 0.29) is 0 Å². The first-order valence-electron chi connectivity index (χ1n) is 5.32. The zero-order valence-electron chi connectivity index (χ0n) is 9.45. The number of unbranched alkanes of at least 4 members (excludes halogenated alkanes) is 1. The lowest BCUT2D eigenvalue weighted by molar-refractivity contribution is 0.437. The molecule has 14 heavy (non-hydrogen) atoms. The highest BCUT2D eigenvalue weighted by atomic mass is 15.1. The summed E-state index contributed by atoms with van der Waals surface area (Å²) in [5.41, 5.74) is 0. The Balaban J connectivity index is 4.06. The predicted molar refractivity (Wildman–Crippen MR) is 62.6 cm³/mol. The van der Waals surface area contributed by atoms with Crippen LogP contribution >= 0.6 is 0 Å². The van der Waals surface area contributed by atoms with Crippen LogP contribution in [-0.4, -0.2) is 13.1 Å². The molecule has 0 radical (unpaired) electrons. The SMILES string of the molecule is C=CCCCC(C=C)C(CC)N=NC. The normalized spacial score (nSPS) is 15.3. The van der Waals surface area contributed by atoms with E-state index in [9.17, 15) is 0 Å². The molecule has 0 aromatic heterocycles. The van der Waals surface area contributed by atoms with Gasteiger partial charge in [0, 0.05) is 13.0 Å². The highest BCUT2D eigenvalue weighted by Gasteiger charge is 2.15. The molecule has 2 atom stereocenters. The van der Waals surface area contributed by atoms with E-state index in [4.69, 9.17) is 0 Å². The zero-order valence-corrected chi connectivity index (χ0v) is 9.45. The summed E-state index contributed by atoms with van der Waals surface area (Å²) >= 11 is 0. The molecule has 0 saturated carbocycles. The topological polar surface area (TPSA) is 24.7 Å². The van der Waals surface area contributed by atoms with Gasteiger partial charge in [-0.05, 0) is 25.7 Å². The molecule has 2 heteroatoms. The molecular weight excluding hydrogens is 172 g/mol. The van der Waals surface area contributed by atoms with Crippen LogP contribution in [0.2, 0.25) is 0 Å². The number of nitrogens with zero attached hydrogens (tertiary/aromatic N) is 2. The second-order valence-electron chi connectivity index (χ2n) is 3.41. The summed E-state index contributed by atoms with van der Waals surface area (Å²) in [5, 5.41) is 8.08. The number of allylic oxidation sites excluding steroid dienone is 1. The third-order valence-corrected chi connectivity index (χ3v) is 2.42. The second-order valence-corrected chi connectivity index (χ2v) is 3.41. The Morgan fingerprint density at radius 1 is 1.36 bits per heavy atom. The summed E-state index contributed by atoms with van der Waals surface area (Å²) < 4.78 is 0. The minimum atomic E-state index is 0.308. The molecule has 0 aliphatic heterocycles. The first kappa shape index (κ1) is 13.1. The number of hydrogen-bond acceptors (Lipinski definition) is 2. The molecular formula is C12H22N2. The van der Waals surface area contributed by atoms with E-state index >= 15 is 0 Å². The van der Waals surface area contributed by atoms with Crippen molar-refractivity contribution < 1.29 is 0 Å². The molecule has 0 heterocycles. The van der Waals surface area contributed by atoms with Crippen molar-refractivity contribution in [3.63, 3.8) is 0 Å². The summed E-state index contributed by atoms with van der Waals surface area (Å²) in [7, 11) is 1.73. The van der Waals surface area contributed by atoms with Crippen molar-refractivity contribution in [3.8, 4) is 0 Å².